The molecule has 12 heteroatoms. The molecule has 0 aliphatic carbocycles. The molecule has 0 aromatic heterocycles. The minimum Gasteiger partial charge on any atom is -0.494 e. The van der Waals surface area contributed by atoms with E-state index in [1.165, 1.54) is 12.1 Å². The van der Waals surface area contributed by atoms with E-state index in [0.29, 0.717) is 46.4 Å². The summed E-state index contributed by atoms with van der Waals surface area (Å²) in [6.45, 7) is 0.715. The van der Waals surface area contributed by atoms with E-state index in [4.69, 9.17) is 48.3 Å². The molecule has 47 heavy (non-hydrogen) atoms. The Bertz CT molecular complexity index is 1780. The summed E-state index contributed by atoms with van der Waals surface area (Å²) in [5, 5.41) is 16.6. The van der Waals surface area contributed by atoms with E-state index in [0.717, 1.165) is 16.7 Å². The molecule has 2 N–H and O–H groups in total. The van der Waals surface area contributed by atoms with Crippen molar-refractivity contribution in [3.8, 4) is 5.75 Å². The molecule has 1 aliphatic heterocycles. The number of benzene rings is 4. The average Bonchev–Trinajstić information content (AvgIpc) is 3.45. The second-order valence-corrected chi connectivity index (χ2v) is 11.8. The fourth-order valence-electron chi connectivity index (χ4n) is 5.38. The van der Waals surface area contributed by atoms with Crippen molar-refractivity contribution in [1.29, 1.82) is 0 Å². The third kappa shape index (κ3) is 8.22. The first-order valence-corrected chi connectivity index (χ1v) is 15.7. The molecule has 0 unspecified atom stereocenters. The molecule has 0 radical (unpaired) electrons. The minimum absolute atomic E-state index is 0.0252. The van der Waals surface area contributed by atoms with Gasteiger partial charge in [0.2, 0.25) is 5.90 Å². The molecule has 0 fully saturated rings. The number of nitrogens with zero attached hydrogens (tertiary/aromatic N) is 4. The second-order valence-electron chi connectivity index (χ2n) is 10.9. The van der Waals surface area contributed by atoms with Crippen molar-refractivity contribution in [2.24, 2.45) is 10.1 Å². The Morgan fingerprint density at radius 2 is 1.81 bits per heavy atom. The summed E-state index contributed by atoms with van der Waals surface area (Å²) < 4.78 is 25.7. The van der Waals surface area contributed by atoms with E-state index in [1.807, 2.05) is 24.3 Å². The monoisotopic (exact) mass is 675 g/mol. The van der Waals surface area contributed by atoms with E-state index in [-0.39, 0.29) is 37.8 Å². The van der Waals surface area contributed by atoms with Gasteiger partial charge < -0.3 is 19.9 Å². The zero-order chi connectivity index (χ0) is 33.2. The lowest BCUT2D eigenvalue weighted by atomic mass is 9.80. The Balaban J connectivity index is 1.58. The highest BCUT2D eigenvalue weighted by molar-refractivity contribution is 6.35. The van der Waals surface area contributed by atoms with Gasteiger partial charge in [0.1, 0.15) is 11.6 Å². The fourth-order valence-corrected chi connectivity index (χ4v) is 5.89. The van der Waals surface area contributed by atoms with E-state index in [9.17, 15) is 9.18 Å². The number of carbonyl (C=O) groups excluding carboxylic acids is 1. The van der Waals surface area contributed by atoms with Crippen LogP contribution in [0.4, 0.5) is 4.39 Å². The molecule has 4 aromatic rings. The molecule has 0 spiro atoms. The van der Waals surface area contributed by atoms with Crippen LogP contribution in [0.15, 0.2) is 101 Å². The molecule has 242 valence electrons. The van der Waals surface area contributed by atoms with E-state index < -0.39 is 17.6 Å². The van der Waals surface area contributed by atoms with Gasteiger partial charge in [0.15, 0.2) is 11.6 Å². The van der Waals surface area contributed by atoms with Gasteiger partial charge >= 0.3 is 0 Å². The van der Waals surface area contributed by atoms with Gasteiger partial charge in [-0.05, 0) is 77.2 Å². The number of hydrogen-bond acceptors (Lipinski definition) is 6. The number of aliphatic imine (C=N–C) groups is 1. The molecule has 0 saturated heterocycles. The third-order valence-corrected chi connectivity index (χ3v) is 8.33. The third-order valence-electron chi connectivity index (χ3n) is 7.77. The Kier molecular flexibility index (Phi) is 11.3. The molecule has 1 heterocycles. The van der Waals surface area contributed by atoms with Crippen LogP contribution in [0.1, 0.15) is 40.3 Å². The molecule has 2 atom stereocenters. The minimum atomic E-state index is -1.56. The zero-order valence-electron chi connectivity index (χ0n) is 25.3. The number of aliphatic hydroxyl groups is 1. The normalized spacial score (nSPS) is 16.9. The summed E-state index contributed by atoms with van der Waals surface area (Å²) in [7, 11) is 0. The highest BCUT2D eigenvalue weighted by Gasteiger charge is 2.54. The summed E-state index contributed by atoms with van der Waals surface area (Å²) in [4.78, 5) is 22.5. The lowest BCUT2D eigenvalue weighted by Gasteiger charge is -2.32. The summed E-state index contributed by atoms with van der Waals surface area (Å²) >= 11 is 13.0. The van der Waals surface area contributed by atoms with Crippen LogP contribution in [0.25, 0.3) is 10.4 Å². The van der Waals surface area contributed by atoms with Crippen LogP contribution in [0.3, 0.4) is 0 Å². The summed E-state index contributed by atoms with van der Waals surface area (Å²) in [5.41, 5.74) is 10.9. The summed E-state index contributed by atoms with van der Waals surface area (Å²) in [6, 6.07) is 25.6. The van der Waals surface area contributed by atoms with Crippen molar-refractivity contribution < 1.29 is 23.8 Å². The molecule has 4 aromatic carbocycles. The van der Waals surface area contributed by atoms with Crippen molar-refractivity contribution >= 4 is 35.0 Å². The Morgan fingerprint density at radius 3 is 2.51 bits per heavy atom. The van der Waals surface area contributed by atoms with Crippen LogP contribution < -0.4 is 10.1 Å². The predicted octanol–water partition coefficient (Wildman–Crippen LogP) is 7.56. The molecule has 1 aliphatic rings. The maximum atomic E-state index is 14.5. The van der Waals surface area contributed by atoms with Crippen LogP contribution in [-0.2, 0) is 28.9 Å². The molecule has 9 nitrogen and oxygen atoms in total. The first-order chi connectivity index (χ1) is 22.8. The van der Waals surface area contributed by atoms with Gasteiger partial charge in [0.25, 0.3) is 5.91 Å². The number of aliphatic hydroxyl groups excluding tert-OH is 1. The second kappa shape index (κ2) is 15.8. The van der Waals surface area contributed by atoms with E-state index in [2.05, 4.69) is 15.3 Å². The van der Waals surface area contributed by atoms with Crippen molar-refractivity contribution in [3.05, 3.63) is 145 Å². The number of ether oxygens (including phenoxy) is 2. The molecule has 5 rings (SSSR count). The lowest BCUT2D eigenvalue weighted by molar-refractivity contribution is -0.128. The van der Waals surface area contributed by atoms with Gasteiger partial charge in [-0.1, -0.05) is 70.8 Å². The SMILES string of the molecule is [N-]=[N+]=NCc1ccccc1C[C@@]1(C(=O)NCCc2ccc(F)cc2)N=C(c2ccc(OCCCO)cc2)O[C@@H]1c1ccc(Cl)cc1Cl. The summed E-state index contributed by atoms with van der Waals surface area (Å²) in [5.74, 6) is 0.0840. The van der Waals surface area contributed by atoms with Gasteiger partial charge in [-0.3, -0.25) is 4.79 Å². The van der Waals surface area contributed by atoms with Gasteiger partial charge in [0.05, 0.1) is 13.2 Å². The van der Waals surface area contributed by atoms with Gasteiger partial charge in [0, 0.05) is 52.1 Å². The first-order valence-electron chi connectivity index (χ1n) is 15.0. The quantitative estimate of drug-likeness (QED) is 0.0618. The molecule has 1 amide bonds. The topological polar surface area (TPSA) is 129 Å². The molecule has 0 saturated carbocycles. The average molecular weight is 677 g/mol. The molecular weight excluding hydrogens is 644 g/mol. The van der Waals surface area contributed by atoms with Gasteiger partial charge in [-0.25, -0.2) is 9.38 Å². The van der Waals surface area contributed by atoms with Crippen molar-refractivity contribution in [2.75, 3.05) is 19.8 Å². The van der Waals surface area contributed by atoms with Crippen molar-refractivity contribution in [1.82, 2.24) is 5.32 Å². The smallest absolute Gasteiger partial charge is 0.252 e. The molecular formula is C35H32Cl2FN5O4. The molecule has 0 bridgehead atoms. The zero-order valence-corrected chi connectivity index (χ0v) is 26.8. The number of azide groups is 1. The highest BCUT2D eigenvalue weighted by atomic mass is 35.5. The van der Waals surface area contributed by atoms with Crippen LogP contribution in [0.2, 0.25) is 10.0 Å². The van der Waals surface area contributed by atoms with Crippen LogP contribution in [-0.4, -0.2) is 42.2 Å². The number of halogens is 3. The number of amides is 1. The van der Waals surface area contributed by atoms with Gasteiger partial charge in [-0.15, -0.1) is 0 Å². The maximum Gasteiger partial charge on any atom is 0.252 e. The number of carbonyl (C=O) groups is 1. The predicted molar refractivity (Wildman–Crippen MR) is 179 cm³/mol. The Morgan fingerprint density at radius 1 is 1.06 bits per heavy atom. The van der Waals surface area contributed by atoms with Crippen molar-refractivity contribution in [2.45, 2.75) is 37.5 Å². The van der Waals surface area contributed by atoms with E-state index in [1.54, 1.807) is 54.6 Å². The van der Waals surface area contributed by atoms with Crippen LogP contribution in [0.5, 0.6) is 5.75 Å². The van der Waals surface area contributed by atoms with Gasteiger partial charge in [-0.2, -0.15) is 0 Å². The number of rotatable bonds is 14. The maximum absolute atomic E-state index is 14.5. The van der Waals surface area contributed by atoms with Crippen LogP contribution in [0, 0.1) is 5.82 Å². The highest BCUT2D eigenvalue weighted by Crippen LogP contribution is 2.45. The first kappa shape index (κ1) is 33.8. The Hall–Kier alpha value is -4.60. The largest absolute Gasteiger partial charge is 0.494 e. The Labute approximate surface area is 281 Å². The summed E-state index contributed by atoms with van der Waals surface area (Å²) in [6.07, 6.45) is 0.0706. The lowest BCUT2D eigenvalue weighted by Crippen LogP contribution is -2.50. The van der Waals surface area contributed by atoms with Crippen LogP contribution >= 0.6 is 23.2 Å². The fraction of sp³-hybridized carbons (Fsp3) is 0.257. The number of hydrogen-bond donors (Lipinski definition) is 2. The number of nitrogens with one attached hydrogen (secondary N) is 1. The standard InChI is InChI=1S/C35H32Cl2FN5O4/c36-27-10-15-30(31(37)20-27)32-35(21-25-4-1-2-5-26(25)22-41-43-39,34(45)40-17-16-23-6-11-28(38)12-7-23)42-33(47-32)24-8-13-29(14-9-24)46-19-3-18-44/h1-2,4-15,20,32,44H,3,16-19,21-22H2,(H,40,45)/t32-,35-/m1/s1. The van der Waals surface area contributed by atoms with E-state index >= 15 is 0 Å². The van der Waals surface area contributed by atoms with Crippen molar-refractivity contribution in [3.63, 3.8) is 0 Å².